The minimum atomic E-state index is -0.280. The number of para-hydroxylation sites is 1. The molecule has 5 aromatic rings. The van der Waals surface area contributed by atoms with Crippen LogP contribution >= 0.6 is 0 Å². The number of ketones is 1. The van der Waals surface area contributed by atoms with E-state index in [4.69, 9.17) is 28.4 Å². The molecule has 1 aliphatic heterocycles. The maximum Gasteiger partial charge on any atom is 0.282 e. The Morgan fingerprint density at radius 3 is 2.27 bits per heavy atom. The van der Waals surface area contributed by atoms with Crippen LogP contribution in [0.25, 0.3) is 16.6 Å². The van der Waals surface area contributed by atoms with Gasteiger partial charge < -0.3 is 28.4 Å². The van der Waals surface area contributed by atoms with Crippen molar-refractivity contribution in [2.75, 3.05) is 47.8 Å². The van der Waals surface area contributed by atoms with Gasteiger partial charge in [-0.05, 0) is 61.2 Å². The molecule has 11 nitrogen and oxygen atoms in total. The van der Waals surface area contributed by atoms with E-state index in [9.17, 15) is 9.59 Å². The molecule has 0 fully saturated rings. The minimum absolute atomic E-state index is 0.0455. The Kier molecular flexibility index (Phi) is 10.4. The molecule has 0 spiro atoms. The fourth-order valence-corrected chi connectivity index (χ4v) is 5.95. The quantitative estimate of drug-likeness (QED) is 0.102. The molecule has 0 N–H and O–H groups in total. The van der Waals surface area contributed by atoms with Gasteiger partial charge in [0.2, 0.25) is 0 Å². The Hall–Kier alpha value is -5.13. The van der Waals surface area contributed by atoms with Crippen molar-refractivity contribution in [3.8, 4) is 34.4 Å². The summed E-state index contributed by atoms with van der Waals surface area (Å²) in [6.45, 7) is 2.21. The normalized spacial score (nSPS) is 12.5. The molecular formula is C37H39N3O8. The molecule has 3 heterocycles. The standard InChI is InChI=1S/C37H39N3O8/c1-43-17-19-46-34-23-27-28(24-35(34)47-20-18-44-2)38-15-14-31(27)48-32-13-12-25(22-33(32)45-3)21-30(41)36-29-11-7-8-16-39(29)40(37(36)42)26-9-5-4-6-10-26/h4-6,9-10,12-15,22-24H,7-8,11,16-21H2,1-3H3. The van der Waals surface area contributed by atoms with Crippen molar-refractivity contribution < 1.29 is 33.2 Å². The third-order valence-corrected chi connectivity index (χ3v) is 8.23. The van der Waals surface area contributed by atoms with Crippen molar-refractivity contribution in [2.45, 2.75) is 32.2 Å². The molecule has 0 saturated carbocycles. The monoisotopic (exact) mass is 653 g/mol. The maximum absolute atomic E-state index is 13.8. The number of Topliss-reactive ketones (excluding diaryl/α,β-unsaturated/α-hetero) is 1. The number of ether oxygens (including phenoxy) is 6. The van der Waals surface area contributed by atoms with Gasteiger partial charge in [0.15, 0.2) is 28.8 Å². The molecule has 3 aromatic carbocycles. The highest BCUT2D eigenvalue weighted by molar-refractivity contribution is 5.98. The zero-order valence-electron chi connectivity index (χ0n) is 27.4. The van der Waals surface area contributed by atoms with Crippen LogP contribution in [0.4, 0.5) is 0 Å². The van der Waals surface area contributed by atoms with Gasteiger partial charge in [0, 0.05) is 44.8 Å². The predicted molar refractivity (Wildman–Crippen MR) is 181 cm³/mol. The SMILES string of the molecule is COCCOc1cc2nccc(Oc3ccc(CC(=O)c4c5n(n(-c6ccccc6)c4=O)CCCC5)cc3OC)c2cc1OCCOC. The number of aromatic nitrogens is 3. The van der Waals surface area contributed by atoms with E-state index in [0.717, 1.165) is 24.2 Å². The smallest absolute Gasteiger partial charge is 0.282 e. The Morgan fingerprint density at radius 1 is 0.792 bits per heavy atom. The lowest BCUT2D eigenvalue weighted by atomic mass is 9.99. The first-order valence-corrected chi connectivity index (χ1v) is 16.0. The maximum atomic E-state index is 13.8. The number of rotatable bonds is 15. The van der Waals surface area contributed by atoms with Crippen LogP contribution in [0, 0.1) is 0 Å². The third kappa shape index (κ3) is 6.92. The summed E-state index contributed by atoms with van der Waals surface area (Å²) in [6.07, 6.45) is 4.28. The van der Waals surface area contributed by atoms with Gasteiger partial charge in [0.1, 0.15) is 24.5 Å². The molecule has 250 valence electrons. The molecule has 0 unspecified atom stereocenters. The van der Waals surface area contributed by atoms with Crippen molar-refractivity contribution >= 4 is 16.7 Å². The molecule has 0 aliphatic carbocycles. The van der Waals surface area contributed by atoms with Crippen molar-refractivity contribution in [3.05, 3.63) is 100 Å². The average molecular weight is 654 g/mol. The van der Waals surface area contributed by atoms with E-state index in [1.165, 1.54) is 0 Å². The fourth-order valence-electron chi connectivity index (χ4n) is 5.95. The van der Waals surface area contributed by atoms with E-state index in [2.05, 4.69) is 4.98 Å². The molecule has 0 amide bonds. The second-order valence-corrected chi connectivity index (χ2v) is 11.3. The second kappa shape index (κ2) is 15.2. The lowest BCUT2D eigenvalue weighted by Gasteiger charge is -2.19. The van der Waals surface area contributed by atoms with Crippen LogP contribution in [0.3, 0.4) is 0 Å². The van der Waals surface area contributed by atoms with Gasteiger partial charge in [0.05, 0.1) is 37.2 Å². The van der Waals surface area contributed by atoms with Gasteiger partial charge in [-0.1, -0.05) is 24.3 Å². The van der Waals surface area contributed by atoms with E-state index in [0.29, 0.717) is 84.6 Å². The van der Waals surface area contributed by atoms with Crippen LogP contribution < -0.4 is 24.5 Å². The highest BCUT2D eigenvalue weighted by Crippen LogP contribution is 2.39. The van der Waals surface area contributed by atoms with E-state index in [1.54, 1.807) is 56.5 Å². The molecule has 0 atom stereocenters. The molecule has 48 heavy (non-hydrogen) atoms. The second-order valence-electron chi connectivity index (χ2n) is 11.3. The first-order chi connectivity index (χ1) is 23.5. The summed E-state index contributed by atoms with van der Waals surface area (Å²) >= 11 is 0. The first kappa shape index (κ1) is 32.8. The zero-order chi connectivity index (χ0) is 33.5. The van der Waals surface area contributed by atoms with Gasteiger partial charge in [-0.2, -0.15) is 0 Å². The highest BCUT2D eigenvalue weighted by atomic mass is 16.5. The Bertz CT molecular complexity index is 1950. The highest BCUT2D eigenvalue weighted by Gasteiger charge is 2.28. The van der Waals surface area contributed by atoms with E-state index in [1.807, 2.05) is 47.1 Å². The average Bonchev–Trinajstić information content (AvgIpc) is 3.41. The van der Waals surface area contributed by atoms with Crippen LogP contribution in [0.1, 0.15) is 34.5 Å². The Labute approximate surface area is 278 Å². The largest absolute Gasteiger partial charge is 0.493 e. The third-order valence-electron chi connectivity index (χ3n) is 8.23. The molecule has 0 radical (unpaired) electrons. The van der Waals surface area contributed by atoms with Crippen molar-refractivity contribution in [3.63, 3.8) is 0 Å². The fraction of sp³-hybridized carbons (Fsp3) is 0.324. The van der Waals surface area contributed by atoms with Gasteiger partial charge in [-0.3, -0.25) is 19.3 Å². The number of carbonyl (C=O) groups is 1. The lowest BCUT2D eigenvalue weighted by molar-refractivity contribution is 0.0990. The number of hydrogen-bond donors (Lipinski definition) is 0. The first-order valence-electron chi connectivity index (χ1n) is 16.0. The van der Waals surface area contributed by atoms with Gasteiger partial charge >= 0.3 is 0 Å². The summed E-state index contributed by atoms with van der Waals surface area (Å²) in [5.41, 5.74) is 2.89. The van der Waals surface area contributed by atoms with Crippen LogP contribution in [-0.4, -0.2) is 67.9 Å². The number of benzene rings is 3. The van der Waals surface area contributed by atoms with Crippen molar-refractivity contribution in [2.24, 2.45) is 0 Å². The van der Waals surface area contributed by atoms with E-state index >= 15 is 0 Å². The number of hydrogen-bond acceptors (Lipinski definition) is 9. The number of nitrogens with zero attached hydrogens (tertiary/aromatic N) is 3. The van der Waals surface area contributed by atoms with Crippen molar-refractivity contribution in [1.29, 1.82) is 0 Å². The number of fused-ring (bicyclic) bond motifs is 2. The molecule has 1 aliphatic rings. The molecule has 6 rings (SSSR count). The number of carbonyl (C=O) groups excluding carboxylic acids is 1. The molecule has 0 saturated heterocycles. The predicted octanol–water partition coefficient (Wildman–Crippen LogP) is 5.80. The Morgan fingerprint density at radius 2 is 1.54 bits per heavy atom. The van der Waals surface area contributed by atoms with Gasteiger partial charge in [-0.25, -0.2) is 4.68 Å². The Balaban J connectivity index is 1.27. The lowest BCUT2D eigenvalue weighted by Crippen LogP contribution is -2.24. The van der Waals surface area contributed by atoms with Crippen LogP contribution in [0.2, 0.25) is 0 Å². The van der Waals surface area contributed by atoms with Crippen molar-refractivity contribution in [1.82, 2.24) is 14.3 Å². The molecule has 2 aromatic heterocycles. The summed E-state index contributed by atoms with van der Waals surface area (Å²) in [5, 5.41) is 0.707. The van der Waals surface area contributed by atoms with Gasteiger partial charge in [0.25, 0.3) is 5.56 Å². The topological polar surface area (TPSA) is 112 Å². The summed E-state index contributed by atoms with van der Waals surface area (Å²) in [7, 11) is 4.77. The summed E-state index contributed by atoms with van der Waals surface area (Å²) in [6, 6.07) is 20.2. The molecule has 11 heteroatoms. The van der Waals surface area contributed by atoms with E-state index < -0.39 is 0 Å². The molecule has 0 bridgehead atoms. The van der Waals surface area contributed by atoms with E-state index in [-0.39, 0.29) is 23.3 Å². The molecular weight excluding hydrogens is 614 g/mol. The number of pyridine rings is 1. The minimum Gasteiger partial charge on any atom is -0.493 e. The van der Waals surface area contributed by atoms with Crippen LogP contribution in [0.15, 0.2) is 77.7 Å². The number of methoxy groups -OCH3 is 3. The zero-order valence-corrected chi connectivity index (χ0v) is 27.4. The van der Waals surface area contributed by atoms with Gasteiger partial charge in [-0.15, -0.1) is 0 Å². The van der Waals surface area contributed by atoms with Crippen LogP contribution in [0.5, 0.6) is 28.7 Å². The van der Waals surface area contributed by atoms with Crippen LogP contribution in [-0.2, 0) is 28.9 Å². The summed E-state index contributed by atoms with van der Waals surface area (Å²) in [4.78, 5) is 32.0. The summed E-state index contributed by atoms with van der Waals surface area (Å²) < 4.78 is 37.8. The summed E-state index contributed by atoms with van der Waals surface area (Å²) in [5.74, 6) is 2.27.